The van der Waals surface area contributed by atoms with E-state index in [0.717, 1.165) is 12.2 Å². The zero-order chi connectivity index (χ0) is 13.6. The number of hydrogen-bond donors (Lipinski definition) is 2. The summed E-state index contributed by atoms with van der Waals surface area (Å²) in [5, 5.41) is 13.1. The second kappa shape index (κ2) is 7.32. The van der Waals surface area contributed by atoms with Crippen LogP contribution in [0.5, 0.6) is 0 Å². The van der Waals surface area contributed by atoms with Crippen LogP contribution in [0, 0.1) is 0 Å². The zero-order valence-electron chi connectivity index (χ0n) is 11.8. The van der Waals surface area contributed by atoms with E-state index >= 15 is 0 Å². The Balaban J connectivity index is 1.60. The fourth-order valence-electron chi connectivity index (χ4n) is 2.24. The maximum Gasteiger partial charge on any atom is 0.0610 e. The average molecular weight is 279 g/mol. The second-order valence-electron chi connectivity index (χ2n) is 5.76. The van der Waals surface area contributed by atoms with Crippen molar-refractivity contribution in [2.75, 3.05) is 12.4 Å². The Bertz CT molecular complexity index is 366. The molecule has 106 valence electrons. The molecule has 2 rings (SSSR count). The van der Waals surface area contributed by atoms with E-state index in [4.69, 9.17) is 0 Å². The summed E-state index contributed by atoms with van der Waals surface area (Å²) in [6.45, 7) is 2.39. The molecular weight excluding hydrogens is 254 g/mol. The van der Waals surface area contributed by atoms with E-state index in [1.165, 1.54) is 30.6 Å². The molecule has 0 aromatic heterocycles. The molecule has 0 amide bonds. The first-order valence-electron chi connectivity index (χ1n) is 7.28. The van der Waals surface area contributed by atoms with Crippen molar-refractivity contribution in [3.63, 3.8) is 0 Å². The Morgan fingerprint density at radius 1 is 1.26 bits per heavy atom. The summed E-state index contributed by atoms with van der Waals surface area (Å²) >= 11 is 1.92. The molecule has 1 aliphatic carbocycles. The highest BCUT2D eigenvalue weighted by molar-refractivity contribution is 7.99. The molecule has 1 aromatic carbocycles. The number of hydrogen-bond acceptors (Lipinski definition) is 3. The third kappa shape index (κ3) is 5.55. The van der Waals surface area contributed by atoms with Gasteiger partial charge in [-0.3, -0.25) is 0 Å². The quantitative estimate of drug-likeness (QED) is 0.536. The minimum absolute atomic E-state index is 0.0709. The summed E-state index contributed by atoms with van der Waals surface area (Å²) in [5.41, 5.74) is -0.0709. The molecule has 0 saturated heterocycles. The smallest absolute Gasteiger partial charge is 0.0610 e. The largest absolute Gasteiger partial charge is 0.394 e. The van der Waals surface area contributed by atoms with Crippen molar-refractivity contribution >= 4 is 11.8 Å². The Kier molecular flexibility index (Phi) is 5.74. The van der Waals surface area contributed by atoms with Crippen molar-refractivity contribution in [3.05, 3.63) is 30.3 Å². The fourth-order valence-corrected chi connectivity index (χ4v) is 3.18. The van der Waals surface area contributed by atoms with Gasteiger partial charge in [-0.15, -0.1) is 11.8 Å². The predicted octanol–water partition coefficient (Wildman–Crippen LogP) is 3.45. The lowest BCUT2D eigenvalue weighted by molar-refractivity contribution is 0.161. The van der Waals surface area contributed by atoms with Crippen LogP contribution in [0.3, 0.4) is 0 Å². The highest BCUT2D eigenvalue weighted by Crippen LogP contribution is 2.25. The number of unbranched alkanes of at least 4 members (excludes halogenated alkanes) is 1. The highest BCUT2D eigenvalue weighted by Gasteiger charge is 2.31. The van der Waals surface area contributed by atoms with Gasteiger partial charge >= 0.3 is 0 Å². The SMILES string of the molecule is CC(CO)(CCCCSc1ccccc1)NC1CC1. The van der Waals surface area contributed by atoms with Gasteiger partial charge in [0.05, 0.1) is 6.61 Å². The van der Waals surface area contributed by atoms with Crippen LogP contribution in [0.25, 0.3) is 0 Å². The molecule has 19 heavy (non-hydrogen) atoms. The summed E-state index contributed by atoms with van der Waals surface area (Å²) < 4.78 is 0. The minimum Gasteiger partial charge on any atom is -0.394 e. The zero-order valence-corrected chi connectivity index (χ0v) is 12.6. The number of rotatable bonds is 9. The molecule has 0 bridgehead atoms. The maximum absolute atomic E-state index is 9.53. The first-order valence-corrected chi connectivity index (χ1v) is 8.27. The van der Waals surface area contributed by atoms with Crippen molar-refractivity contribution in [2.24, 2.45) is 0 Å². The molecule has 1 unspecified atom stereocenters. The summed E-state index contributed by atoms with van der Waals surface area (Å²) in [7, 11) is 0. The van der Waals surface area contributed by atoms with Crippen LogP contribution in [-0.2, 0) is 0 Å². The van der Waals surface area contributed by atoms with Gasteiger partial charge in [0.15, 0.2) is 0 Å². The van der Waals surface area contributed by atoms with Crippen LogP contribution in [0.15, 0.2) is 35.2 Å². The molecule has 3 heteroatoms. The van der Waals surface area contributed by atoms with Gasteiger partial charge in [0, 0.05) is 16.5 Å². The topological polar surface area (TPSA) is 32.3 Å². The second-order valence-corrected chi connectivity index (χ2v) is 6.92. The molecule has 1 aliphatic rings. The fraction of sp³-hybridized carbons (Fsp3) is 0.625. The van der Waals surface area contributed by atoms with E-state index in [1.807, 2.05) is 11.8 Å². The number of benzene rings is 1. The van der Waals surface area contributed by atoms with E-state index in [9.17, 15) is 5.11 Å². The van der Waals surface area contributed by atoms with Gasteiger partial charge in [0.1, 0.15) is 0 Å². The maximum atomic E-state index is 9.53. The molecule has 1 atom stereocenters. The Morgan fingerprint density at radius 3 is 2.63 bits per heavy atom. The van der Waals surface area contributed by atoms with Crippen molar-refractivity contribution in [1.29, 1.82) is 0 Å². The normalized spacial score (nSPS) is 18.2. The van der Waals surface area contributed by atoms with Crippen LogP contribution in [0.1, 0.15) is 39.0 Å². The Morgan fingerprint density at radius 2 is 2.00 bits per heavy atom. The summed E-state index contributed by atoms with van der Waals surface area (Å²) in [4.78, 5) is 1.35. The van der Waals surface area contributed by atoms with Crippen LogP contribution >= 0.6 is 11.8 Å². The molecule has 0 radical (unpaired) electrons. The van der Waals surface area contributed by atoms with Gasteiger partial charge in [-0.05, 0) is 50.5 Å². The van der Waals surface area contributed by atoms with E-state index in [1.54, 1.807) is 0 Å². The molecule has 2 N–H and O–H groups in total. The van der Waals surface area contributed by atoms with Crippen LogP contribution < -0.4 is 5.32 Å². The third-order valence-corrected chi connectivity index (χ3v) is 4.71. The molecule has 2 nitrogen and oxygen atoms in total. The number of aliphatic hydroxyl groups is 1. The van der Waals surface area contributed by atoms with Crippen molar-refractivity contribution < 1.29 is 5.11 Å². The Labute approximate surface area is 121 Å². The van der Waals surface area contributed by atoms with E-state index in [-0.39, 0.29) is 12.1 Å². The van der Waals surface area contributed by atoms with Gasteiger partial charge in [0.2, 0.25) is 0 Å². The molecule has 0 aliphatic heterocycles. The summed E-state index contributed by atoms with van der Waals surface area (Å²) in [6.07, 6.45) is 6.01. The van der Waals surface area contributed by atoms with Crippen molar-refractivity contribution in [1.82, 2.24) is 5.32 Å². The highest BCUT2D eigenvalue weighted by atomic mass is 32.2. The van der Waals surface area contributed by atoms with Crippen LogP contribution in [-0.4, -0.2) is 29.0 Å². The first kappa shape index (κ1) is 14.9. The molecule has 1 saturated carbocycles. The number of thioether (sulfide) groups is 1. The lowest BCUT2D eigenvalue weighted by Crippen LogP contribution is -2.46. The standard InChI is InChI=1S/C16H25NOS/c1-16(13-18,17-14-9-10-14)11-5-6-12-19-15-7-3-2-4-8-15/h2-4,7-8,14,17-18H,5-6,9-13H2,1H3. The summed E-state index contributed by atoms with van der Waals surface area (Å²) in [5.74, 6) is 1.16. The molecule has 1 fully saturated rings. The van der Waals surface area contributed by atoms with Crippen molar-refractivity contribution in [3.8, 4) is 0 Å². The monoisotopic (exact) mass is 279 g/mol. The van der Waals surface area contributed by atoms with Gasteiger partial charge in [0.25, 0.3) is 0 Å². The lowest BCUT2D eigenvalue weighted by atomic mass is 9.96. The molecule has 0 spiro atoms. The van der Waals surface area contributed by atoms with Gasteiger partial charge < -0.3 is 10.4 Å². The lowest BCUT2D eigenvalue weighted by Gasteiger charge is -2.29. The number of aliphatic hydroxyl groups excluding tert-OH is 1. The van der Waals surface area contributed by atoms with Crippen molar-refractivity contribution in [2.45, 2.75) is 55.5 Å². The summed E-state index contributed by atoms with van der Waals surface area (Å²) in [6, 6.07) is 11.2. The molecular formula is C16H25NOS. The van der Waals surface area contributed by atoms with Gasteiger partial charge in [-0.25, -0.2) is 0 Å². The third-order valence-electron chi connectivity index (χ3n) is 3.61. The Hall–Kier alpha value is -0.510. The molecule has 1 aromatic rings. The number of nitrogens with one attached hydrogen (secondary N) is 1. The van der Waals surface area contributed by atoms with Crippen LogP contribution in [0.2, 0.25) is 0 Å². The van der Waals surface area contributed by atoms with Gasteiger partial charge in [-0.2, -0.15) is 0 Å². The van der Waals surface area contributed by atoms with E-state index in [0.29, 0.717) is 6.04 Å². The van der Waals surface area contributed by atoms with E-state index < -0.39 is 0 Å². The van der Waals surface area contributed by atoms with Crippen LogP contribution in [0.4, 0.5) is 0 Å². The predicted molar refractivity (Wildman–Crippen MR) is 82.7 cm³/mol. The average Bonchev–Trinajstić information content (AvgIpc) is 3.23. The minimum atomic E-state index is -0.0709. The van der Waals surface area contributed by atoms with E-state index in [2.05, 4.69) is 42.6 Å². The van der Waals surface area contributed by atoms with Gasteiger partial charge in [-0.1, -0.05) is 24.6 Å². The molecule has 0 heterocycles. The first-order chi connectivity index (χ1) is 9.22.